The summed E-state index contributed by atoms with van der Waals surface area (Å²) in [5, 5.41) is 0.851. The van der Waals surface area contributed by atoms with Crippen molar-refractivity contribution in [2.45, 2.75) is 56.6 Å². The van der Waals surface area contributed by atoms with E-state index in [2.05, 4.69) is 0 Å². The standard InChI is InChI=1S/C25H29FO8S2/c1-14(2)20-13-22(16(5)9-24(20)35(27,28)29)34-36(30,31)19-8-7-17-11-21(26)23(12-18(17)10-19)33-25(32-6)15(3)4/h7-15,25H,1-6H3,(H,27,28,29). The molecule has 0 saturated carbocycles. The maximum Gasteiger partial charge on any atom is 0.339 e. The van der Waals surface area contributed by atoms with E-state index >= 15 is 0 Å². The highest BCUT2D eigenvalue weighted by atomic mass is 32.2. The maximum atomic E-state index is 14.6. The fourth-order valence-corrected chi connectivity index (χ4v) is 5.60. The number of hydrogen-bond acceptors (Lipinski definition) is 7. The lowest BCUT2D eigenvalue weighted by molar-refractivity contribution is -0.0850. The first-order valence-corrected chi connectivity index (χ1v) is 14.0. The van der Waals surface area contributed by atoms with Gasteiger partial charge in [0.25, 0.3) is 10.1 Å². The Morgan fingerprint density at radius 1 is 0.889 bits per heavy atom. The van der Waals surface area contributed by atoms with Gasteiger partial charge in [0.05, 0.1) is 4.90 Å². The van der Waals surface area contributed by atoms with Crippen LogP contribution in [0.15, 0.2) is 52.3 Å². The summed E-state index contributed by atoms with van der Waals surface area (Å²) in [5.41, 5.74) is 0.412. The molecule has 36 heavy (non-hydrogen) atoms. The molecular formula is C25H29FO8S2. The second-order valence-corrected chi connectivity index (χ2v) is 12.0. The topological polar surface area (TPSA) is 116 Å². The average Bonchev–Trinajstić information content (AvgIpc) is 2.77. The van der Waals surface area contributed by atoms with Gasteiger partial charge in [0.2, 0.25) is 6.29 Å². The van der Waals surface area contributed by atoms with Gasteiger partial charge in [0.15, 0.2) is 11.6 Å². The molecule has 0 heterocycles. The molecule has 0 aromatic heterocycles. The zero-order valence-electron chi connectivity index (χ0n) is 20.8. The first kappa shape index (κ1) is 27.9. The monoisotopic (exact) mass is 540 g/mol. The smallest absolute Gasteiger partial charge is 0.339 e. The molecule has 0 aliphatic rings. The van der Waals surface area contributed by atoms with E-state index in [9.17, 15) is 25.8 Å². The van der Waals surface area contributed by atoms with Crippen molar-refractivity contribution in [3.63, 3.8) is 0 Å². The average molecular weight is 541 g/mol. The molecule has 0 fully saturated rings. The van der Waals surface area contributed by atoms with Crippen molar-refractivity contribution in [3.05, 3.63) is 59.4 Å². The lowest BCUT2D eigenvalue weighted by Crippen LogP contribution is -2.25. The predicted molar refractivity (Wildman–Crippen MR) is 133 cm³/mol. The molecular weight excluding hydrogens is 511 g/mol. The molecule has 1 N–H and O–H groups in total. The summed E-state index contributed by atoms with van der Waals surface area (Å²) in [7, 11) is -7.43. The molecule has 0 amide bonds. The summed E-state index contributed by atoms with van der Waals surface area (Å²) in [4.78, 5) is -0.500. The number of ether oxygens (including phenoxy) is 2. The van der Waals surface area contributed by atoms with Gasteiger partial charge in [0, 0.05) is 13.0 Å². The number of benzene rings is 3. The van der Waals surface area contributed by atoms with Crippen molar-refractivity contribution in [1.29, 1.82) is 0 Å². The summed E-state index contributed by atoms with van der Waals surface area (Å²) in [6, 6.07) is 9.16. The first-order valence-electron chi connectivity index (χ1n) is 11.1. The van der Waals surface area contributed by atoms with E-state index in [0.29, 0.717) is 10.8 Å². The summed E-state index contributed by atoms with van der Waals surface area (Å²) in [6.45, 7) is 8.58. The second kappa shape index (κ2) is 10.3. The number of methoxy groups -OCH3 is 1. The molecule has 3 aromatic carbocycles. The van der Waals surface area contributed by atoms with Crippen molar-refractivity contribution in [1.82, 2.24) is 0 Å². The largest absolute Gasteiger partial charge is 0.462 e. The molecule has 1 unspecified atom stereocenters. The Bertz CT molecular complexity index is 1500. The molecule has 3 rings (SSSR count). The Morgan fingerprint density at radius 2 is 1.56 bits per heavy atom. The minimum atomic E-state index is -4.52. The Balaban J connectivity index is 2.03. The quantitative estimate of drug-likeness (QED) is 0.217. The van der Waals surface area contributed by atoms with Gasteiger partial charge in [-0.15, -0.1) is 0 Å². The third kappa shape index (κ3) is 5.97. The normalized spacial score (nSPS) is 13.4. The number of halogens is 1. The van der Waals surface area contributed by atoms with Crippen LogP contribution in [0.5, 0.6) is 11.5 Å². The zero-order chi connectivity index (χ0) is 27.0. The van der Waals surface area contributed by atoms with Gasteiger partial charge in [-0.3, -0.25) is 4.55 Å². The van der Waals surface area contributed by atoms with E-state index in [1.54, 1.807) is 13.8 Å². The van der Waals surface area contributed by atoms with E-state index < -0.39 is 32.3 Å². The second-order valence-electron chi connectivity index (χ2n) is 9.08. The molecule has 0 spiro atoms. The zero-order valence-corrected chi connectivity index (χ0v) is 22.4. The lowest BCUT2D eigenvalue weighted by atomic mass is 10.0. The van der Waals surface area contributed by atoms with Crippen LogP contribution in [0.2, 0.25) is 0 Å². The van der Waals surface area contributed by atoms with Crippen LogP contribution < -0.4 is 8.92 Å². The highest BCUT2D eigenvalue weighted by Gasteiger charge is 2.24. The molecule has 8 nitrogen and oxygen atoms in total. The molecule has 0 aliphatic carbocycles. The Hall–Kier alpha value is -2.73. The third-order valence-electron chi connectivity index (χ3n) is 5.58. The molecule has 0 radical (unpaired) electrons. The van der Waals surface area contributed by atoms with E-state index in [-0.39, 0.29) is 44.3 Å². The van der Waals surface area contributed by atoms with Gasteiger partial charge >= 0.3 is 10.1 Å². The van der Waals surface area contributed by atoms with Crippen LogP contribution in [-0.2, 0) is 25.0 Å². The van der Waals surface area contributed by atoms with Crippen LogP contribution in [0, 0.1) is 18.7 Å². The van der Waals surface area contributed by atoms with Gasteiger partial charge in [-0.05, 0) is 71.1 Å². The van der Waals surface area contributed by atoms with Crippen LogP contribution in [0.1, 0.15) is 44.7 Å². The Labute approximate surface area is 210 Å². The maximum absolute atomic E-state index is 14.6. The molecule has 1 atom stereocenters. The minimum Gasteiger partial charge on any atom is -0.462 e. The van der Waals surface area contributed by atoms with Gasteiger partial charge in [-0.1, -0.05) is 33.8 Å². The predicted octanol–water partition coefficient (Wildman–Crippen LogP) is 5.43. The Kier molecular flexibility index (Phi) is 7.99. The molecule has 3 aromatic rings. The minimum absolute atomic E-state index is 0.0589. The van der Waals surface area contributed by atoms with E-state index in [0.717, 1.165) is 0 Å². The van der Waals surface area contributed by atoms with Crippen LogP contribution >= 0.6 is 0 Å². The molecule has 0 saturated heterocycles. The first-order chi connectivity index (χ1) is 16.6. The lowest BCUT2D eigenvalue weighted by Gasteiger charge is -2.21. The third-order valence-corrected chi connectivity index (χ3v) is 7.72. The van der Waals surface area contributed by atoms with Gasteiger partial charge in [-0.25, -0.2) is 4.39 Å². The van der Waals surface area contributed by atoms with Crippen molar-refractivity contribution in [2.75, 3.05) is 7.11 Å². The molecule has 0 bridgehead atoms. The molecule has 0 aliphatic heterocycles. The van der Waals surface area contributed by atoms with E-state index in [1.807, 2.05) is 13.8 Å². The summed E-state index contributed by atoms with van der Waals surface area (Å²) < 4.78 is 90.1. The van der Waals surface area contributed by atoms with Gasteiger partial charge < -0.3 is 13.7 Å². The Morgan fingerprint density at radius 3 is 2.11 bits per heavy atom. The van der Waals surface area contributed by atoms with Crippen LogP contribution in [0.4, 0.5) is 4.39 Å². The van der Waals surface area contributed by atoms with Crippen molar-refractivity contribution < 1.29 is 39.4 Å². The van der Waals surface area contributed by atoms with Gasteiger partial charge in [-0.2, -0.15) is 16.8 Å². The summed E-state index contributed by atoms with van der Waals surface area (Å²) in [5.74, 6) is -1.18. The highest BCUT2D eigenvalue weighted by Crippen LogP contribution is 2.34. The van der Waals surface area contributed by atoms with Crippen molar-refractivity contribution in [3.8, 4) is 11.5 Å². The number of aryl methyl sites for hydroxylation is 1. The fraction of sp³-hybridized carbons (Fsp3) is 0.360. The van der Waals surface area contributed by atoms with Crippen LogP contribution in [0.25, 0.3) is 10.8 Å². The van der Waals surface area contributed by atoms with Gasteiger partial charge in [0.1, 0.15) is 10.6 Å². The highest BCUT2D eigenvalue weighted by molar-refractivity contribution is 7.87. The van der Waals surface area contributed by atoms with E-state index in [4.69, 9.17) is 13.7 Å². The van der Waals surface area contributed by atoms with E-state index in [1.165, 1.54) is 56.5 Å². The van der Waals surface area contributed by atoms with Crippen molar-refractivity contribution in [2.24, 2.45) is 5.92 Å². The molecule has 196 valence electrons. The van der Waals surface area contributed by atoms with Crippen LogP contribution in [-0.4, -0.2) is 34.8 Å². The SMILES string of the molecule is COC(Oc1cc2cc(S(=O)(=O)Oc3cc(C(C)C)c(S(=O)(=O)O)cc3C)ccc2cc1F)C(C)C. The summed E-state index contributed by atoms with van der Waals surface area (Å²) in [6.07, 6.45) is -0.698. The molecule has 11 heteroatoms. The number of rotatable bonds is 9. The summed E-state index contributed by atoms with van der Waals surface area (Å²) >= 11 is 0. The number of hydrogen-bond donors (Lipinski definition) is 1. The van der Waals surface area contributed by atoms with Crippen molar-refractivity contribution >= 4 is 31.0 Å². The van der Waals surface area contributed by atoms with Crippen LogP contribution in [0.3, 0.4) is 0 Å². The fourth-order valence-electron chi connectivity index (χ4n) is 3.66. The number of fused-ring (bicyclic) bond motifs is 1.